The van der Waals surface area contributed by atoms with Crippen LogP contribution >= 0.6 is 0 Å². The number of hydrogen-bond donors (Lipinski definition) is 0. The van der Waals surface area contributed by atoms with E-state index in [1.807, 2.05) is 85.3 Å². The Balaban J connectivity index is 0.000000652. The van der Waals surface area contributed by atoms with Crippen molar-refractivity contribution in [2.24, 2.45) is 21.7 Å². The van der Waals surface area contributed by atoms with Gasteiger partial charge in [-0.05, 0) is 76.3 Å². The van der Waals surface area contributed by atoms with Crippen molar-refractivity contribution in [2.75, 3.05) is 0 Å². The molecule has 0 aliphatic rings. The van der Waals surface area contributed by atoms with Gasteiger partial charge in [0.05, 0.1) is 17.2 Å². The van der Waals surface area contributed by atoms with E-state index in [1.165, 1.54) is 6.33 Å². The Morgan fingerprint density at radius 1 is 0.328 bits per heavy atom. The van der Waals surface area contributed by atoms with Gasteiger partial charge in [-0.3, -0.25) is 9.97 Å². The Labute approximate surface area is 349 Å². The lowest BCUT2D eigenvalue weighted by atomic mass is 10.0. The van der Waals surface area contributed by atoms with E-state index in [1.54, 1.807) is 50.7 Å². The normalized spacial score (nSPS) is 10.6. The predicted molar refractivity (Wildman–Crippen MR) is 246 cm³/mol. The largest absolute Gasteiger partial charge is 0.255 e. The van der Waals surface area contributed by atoms with Crippen LogP contribution < -0.4 is 0 Å². The predicted octanol–water partition coefficient (Wildman–Crippen LogP) is 12.7. The fourth-order valence-corrected chi connectivity index (χ4v) is 3.20. The van der Waals surface area contributed by atoms with Crippen molar-refractivity contribution >= 4 is 28.0 Å². The fraction of sp³-hybridized carbons (Fsp3) is 0.447. The molecule has 8 aromatic rings. The number of pyridine rings is 3. The molecule has 11 heteroatoms. The number of rotatable bonds is 0. The minimum atomic E-state index is 0. The summed E-state index contributed by atoms with van der Waals surface area (Å²) in [4.78, 5) is 20.3. The molecule has 0 amide bonds. The van der Waals surface area contributed by atoms with Gasteiger partial charge >= 0.3 is 0 Å². The van der Waals surface area contributed by atoms with Crippen LogP contribution in [0.4, 0.5) is 0 Å². The first-order valence-electron chi connectivity index (χ1n) is 19.3. The van der Waals surface area contributed by atoms with E-state index < -0.39 is 0 Å². The summed E-state index contributed by atoms with van der Waals surface area (Å²) in [5, 5.41) is 11.9. The summed E-state index contributed by atoms with van der Waals surface area (Å²) in [5.41, 5.74) is 6.56. The van der Waals surface area contributed by atoms with Crippen LogP contribution in [-0.2, 0) is 0 Å². The third-order valence-electron chi connectivity index (χ3n) is 4.90. The number of fused-ring (bicyclic) bond motifs is 4. The summed E-state index contributed by atoms with van der Waals surface area (Å²) < 4.78 is 5.17. The lowest BCUT2D eigenvalue weighted by Crippen LogP contribution is -1.93. The molecule has 8 aromatic heterocycles. The maximum atomic E-state index is 4.12. The quantitative estimate of drug-likeness (QED) is 0.149. The van der Waals surface area contributed by atoms with Gasteiger partial charge in [0.1, 0.15) is 6.33 Å². The molecule has 11 nitrogen and oxygen atoms in total. The van der Waals surface area contributed by atoms with Crippen molar-refractivity contribution < 1.29 is 0 Å². The molecule has 8 rings (SSSR count). The van der Waals surface area contributed by atoms with Crippen LogP contribution in [0.2, 0.25) is 0 Å². The second-order valence-corrected chi connectivity index (χ2v) is 19.3. The van der Waals surface area contributed by atoms with Crippen LogP contribution in [0.3, 0.4) is 0 Å². The Kier molecular flexibility index (Phi) is 23.2. The van der Waals surface area contributed by atoms with E-state index in [9.17, 15) is 0 Å². The first-order valence-corrected chi connectivity index (χ1v) is 19.3. The van der Waals surface area contributed by atoms with Crippen molar-refractivity contribution in [1.29, 1.82) is 0 Å². The third kappa shape index (κ3) is 30.6. The highest BCUT2D eigenvalue weighted by molar-refractivity contribution is 5.72. The Hall–Kier alpha value is -5.58. The zero-order valence-electron chi connectivity index (χ0n) is 37.5. The summed E-state index contributed by atoms with van der Waals surface area (Å²) in [5.74, 6) is 0. The van der Waals surface area contributed by atoms with Gasteiger partial charge in [0.15, 0.2) is 16.9 Å². The molecular weight excluding hydrogens is 719 g/mol. The van der Waals surface area contributed by atoms with Crippen molar-refractivity contribution in [1.82, 2.24) is 53.8 Å². The molecule has 0 atom stereocenters. The van der Waals surface area contributed by atoms with Crippen molar-refractivity contribution in [3.8, 4) is 0 Å². The zero-order valence-corrected chi connectivity index (χ0v) is 37.5. The monoisotopic (exact) mass is 792 g/mol. The molecule has 0 aliphatic heterocycles. The standard InChI is InChI=1S/C8H6N2.3C6H5N3.4C5H12.CH4/c1-3-7-8(9-5-1)4-2-6-10-7;1-3-7-6-2-4-8-9(6)5-1;1-2-6-7-4-5-9(6)8-3-1;1-2-4-9-6(3-1)7-5-8-9;4*1-5(2,3)4;/h1-6H;3*1-5H;4*1-4H3;1H4. The number of hydrogen-bond acceptors (Lipinski definition) is 8. The fourth-order valence-electron chi connectivity index (χ4n) is 3.20. The van der Waals surface area contributed by atoms with Crippen LogP contribution in [0.25, 0.3) is 28.0 Å². The summed E-state index contributed by atoms with van der Waals surface area (Å²) in [7, 11) is 0. The maximum Gasteiger partial charge on any atom is 0.155 e. The highest BCUT2D eigenvalue weighted by Gasteiger charge is 1.97. The molecule has 0 N–H and O–H groups in total. The van der Waals surface area contributed by atoms with Crippen LogP contribution in [0, 0.1) is 21.7 Å². The first kappa shape index (κ1) is 52.4. The Morgan fingerprint density at radius 2 is 0.707 bits per heavy atom. The molecule has 8 heterocycles. The molecule has 0 spiro atoms. The van der Waals surface area contributed by atoms with E-state index in [0.29, 0.717) is 21.7 Å². The average Bonchev–Trinajstić information content (AvgIpc) is 3.87. The van der Waals surface area contributed by atoms with E-state index in [0.717, 1.165) is 28.0 Å². The third-order valence-corrected chi connectivity index (χ3v) is 4.90. The Bertz CT molecular complexity index is 1820. The zero-order chi connectivity index (χ0) is 43.1. The van der Waals surface area contributed by atoms with E-state index >= 15 is 0 Å². The van der Waals surface area contributed by atoms with Gasteiger partial charge in [0, 0.05) is 55.6 Å². The van der Waals surface area contributed by atoms with E-state index in [4.69, 9.17) is 0 Å². The molecule has 0 saturated heterocycles. The Morgan fingerprint density at radius 3 is 1.21 bits per heavy atom. The molecule has 0 saturated carbocycles. The van der Waals surface area contributed by atoms with Gasteiger partial charge in [-0.25, -0.2) is 28.5 Å². The highest BCUT2D eigenvalue weighted by atomic mass is 15.3. The second kappa shape index (κ2) is 25.6. The molecule has 58 heavy (non-hydrogen) atoms. The first-order chi connectivity index (χ1) is 26.4. The minimum Gasteiger partial charge on any atom is -0.255 e. The number of nitrogens with zero attached hydrogens (tertiary/aromatic N) is 11. The second-order valence-electron chi connectivity index (χ2n) is 19.3. The summed E-state index contributed by atoms with van der Waals surface area (Å²) in [6, 6.07) is 20.9. The van der Waals surface area contributed by atoms with Crippen molar-refractivity contribution in [3.63, 3.8) is 0 Å². The molecule has 0 unspecified atom stereocenters. The smallest absolute Gasteiger partial charge is 0.155 e. The highest BCUT2D eigenvalue weighted by Crippen LogP contribution is 2.10. The van der Waals surface area contributed by atoms with E-state index in [-0.39, 0.29) is 7.43 Å². The number of aromatic nitrogens is 11. The average molecular weight is 792 g/mol. The SMILES string of the molecule is C.CC(C)(C)C.CC(C)(C)C.CC(C)(C)C.CC(C)(C)C.c1ccn2ncnc2c1.c1cnc2cccnc2c1.c1cnc2ccnn2c1.c1cnn2ccnc2c1. The van der Waals surface area contributed by atoms with Crippen LogP contribution in [0.1, 0.15) is 118 Å². The van der Waals surface area contributed by atoms with Gasteiger partial charge in [0.25, 0.3) is 0 Å². The topological polar surface area (TPSA) is 116 Å². The van der Waals surface area contributed by atoms with Crippen molar-refractivity contribution in [2.45, 2.75) is 118 Å². The molecule has 0 bridgehead atoms. The van der Waals surface area contributed by atoms with Gasteiger partial charge in [-0.15, -0.1) is 0 Å². The van der Waals surface area contributed by atoms with Gasteiger partial charge in [-0.2, -0.15) is 15.3 Å². The maximum absolute atomic E-state index is 4.12. The van der Waals surface area contributed by atoms with E-state index in [2.05, 4.69) is 151 Å². The lowest BCUT2D eigenvalue weighted by molar-refractivity contribution is 0.469. The molecule has 316 valence electrons. The number of imidazole rings is 1. The lowest BCUT2D eigenvalue weighted by Gasteiger charge is -2.05. The van der Waals surface area contributed by atoms with Crippen LogP contribution in [0.15, 0.2) is 129 Å². The van der Waals surface area contributed by atoms with Crippen LogP contribution in [0.5, 0.6) is 0 Å². The van der Waals surface area contributed by atoms with Gasteiger partial charge in [-0.1, -0.05) is 124 Å². The summed E-state index contributed by atoms with van der Waals surface area (Å²) in [6.45, 7) is 35.0. The van der Waals surface area contributed by atoms with Gasteiger partial charge < -0.3 is 0 Å². The summed E-state index contributed by atoms with van der Waals surface area (Å²) >= 11 is 0. The van der Waals surface area contributed by atoms with Crippen molar-refractivity contribution in [3.05, 3.63) is 129 Å². The van der Waals surface area contributed by atoms with Gasteiger partial charge in [0.2, 0.25) is 0 Å². The minimum absolute atomic E-state index is 0. The molecule has 0 radical (unpaired) electrons. The molecule has 0 aliphatic carbocycles. The molecular formula is C47H73N11. The molecule has 0 fully saturated rings. The van der Waals surface area contributed by atoms with Crippen LogP contribution in [-0.4, -0.2) is 53.8 Å². The molecule has 0 aromatic carbocycles. The summed E-state index contributed by atoms with van der Waals surface area (Å²) in [6.07, 6.45) is 17.5.